The molecule has 1 aromatic carbocycles. The number of benzene rings is 1. The lowest BCUT2D eigenvalue weighted by atomic mass is 10.0. The molecule has 0 unspecified atom stereocenters. The molecule has 2 heterocycles. The van der Waals surface area contributed by atoms with Crippen LogP contribution in [0.3, 0.4) is 0 Å². The molecule has 1 aliphatic heterocycles. The van der Waals surface area contributed by atoms with E-state index in [0.717, 1.165) is 11.1 Å². The van der Waals surface area contributed by atoms with Crippen molar-refractivity contribution in [1.29, 1.82) is 0 Å². The highest BCUT2D eigenvalue weighted by atomic mass is 16.5. The minimum Gasteiger partial charge on any atom is -0.462 e. The van der Waals surface area contributed by atoms with Gasteiger partial charge < -0.3 is 25.5 Å². The maximum absolute atomic E-state index is 5.73. The van der Waals surface area contributed by atoms with Gasteiger partial charge in [-0.3, -0.25) is 0 Å². The van der Waals surface area contributed by atoms with Gasteiger partial charge >= 0.3 is 6.01 Å². The first-order valence-corrected chi connectivity index (χ1v) is 9.34. The zero-order valence-corrected chi connectivity index (χ0v) is 16.6. The van der Waals surface area contributed by atoms with Crippen LogP contribution in [-0.4, -0.2) is 67.2 Å². The number of nitrogens with two attached hydrogens (primary N) is 1. The summed E-state index contributed by atoms with van der Waals surface area (Å²) in [4.78, 5) is 15.6. The molecule has 1 aliphatic rings. The molecule has 1 saturated heterocycles. The fraction of sp³-hybridized carbons (Fsp3) is 0.474. The maximum atomic E-state index is 5.73. The Morgan fingerprint density at radius 1 is 1.21 bits per heavy atom. The smallest absolute Gasteiger partial charge is 0.321 e. The number of nitrogens with zero attached hydrogens (tertiary/aromatic N) is 5. The zero-order valence-electron chi connectivity index (χ0n) is 16.6. The monoisotopic (exact) mass is 385 g/mol. The lowest BCUT2D eigenvalue weighted by Crippen LogP contribution is -2.38. The maximum Gasteiger partial charge on any atom is 0.321 e. The van der Waals surface area contributed by atoms with E-state index in [1.54, 1.807) is 0 Å². The van der Waals surface area contributed by atoms with Gasteiger partial charge in [-0.15, -0.1) is 0 Å². The Morgan fingerprint density at radius 2 is 2.00 bits per heavy atom. The quantitative estimate of drug-likeness (QED) is 0.309. The van der Waals surface area contributed by atoms with Crippen molar-refractivity contribution in [1.82, 2.24) is 20.3 Å². The Kier molecular flexibility index (Phi) is 6.72. The van der Waals surface area contributed by atoms with Gasteiger partial charge in [0.1, 0.15) is 12.3 Å². The van der Waals surface area contributed by atoms with Crippen LogP contribution in [0.15, 0.2) is 23.3 Å². The first-order valence-electron chi connectivity index (χ1n) is 9.34. The Labute approximate surface area is 165 Å². The van der Waals surface area contributed by atoms with Crippen LogP contribution in [-0.2, 0) is 4.74 Å². The number of hydrazone groups is 1. The molecule has 1 aromatic heterocycles. The van der Waals surface area contributed by atoms with Crippen LogP contribution < -0.4 is 20.8 Å². The second kappa shape index (κ2) is 9.43. The summed E-state index contributed by atoms with van der Waals surface area (Å²) in [5.41, 5.74) is 3.69. The topological polar surface area (TPSA) is 111 Å². The fourth-order valence-corrected chi connectivity index (χ4v) is 2.82. The van der Waals surface area contributed by atoms with Crippen molar-refractivity contribution in [3.05, 3.63) is 40.7 Å². The second-order valence-corrected chi connectivity index (χ2v) is 6.57. The van der Waals surface area contributed by atoms with Gasteiger partial charge in [0.05, 0.1) is 13.2 Å². The van der Waals surface area contributed by atoms with Crippen molar-refractivity contribution in [3.63, 3.8) is 0 Å². The molecule has 0 amide bonds. The highest BCUT2D eigenvalue weighted by molar-refractivity contribution is 6.10. The van der Waals surface area contributed by atoms with Gasteiger partial charge in [0, 0.05) is 25.2 Å². The summed E-state index contributed by atoms with van der Waals surface area (Å²) >= 11 is 0. The number of ether oxygens (including phenoxy) is 2. The van der Waals surface area contributed by atoms with Crippen LogP contribution in [0, 0.1) is 13.8 Å². The summed E-state index contributed by atoms with van der Waals surface area (Å²) < 4.78 is 11.1. The normalized spacial score (nSPS) is 15.0. The summed E-state index contributed by atoms with van der Waals surface area (Å²) in [7, 11) is 1.86. The molecular weight excluding hydrogens is 358 g/mol. The van der Waals surface area contributed by atoms with Crippen molar-refractivity contribution in [2.75, 3.05) is 51.4 Å². The van der Waals surface area contributed by atoms with Crippen LogP contribution in [0.5, 0.6) is 6.01 Å². The third-order valence-electron chi connectivity index (χ3n) is 4.60. The number of aryl methyl sites for hydroxylation is 2. The summed E-state index contributed by atoms with van der Waals surface area (Å²) in [6.45, 7) is 7.91. The van der Waals surface area contributed by atoms with E-state index in [-0.39, 0.29) is 6.01 Å². The minimum absolute atomic E-state index is 0.256. The van der Waals surface area contributed by atoms with Crippen LogP contribution in [0.1, 0.15) is 22.5 Å². The number of nitrogens with one attached hydrogen (secondary N) is 1. The lowest BCUT2D eigenvalue weighted by Gasteiger charge is -2.27. The van der Waals surface area contributed by atoms with E-state index in [2.05, 4.69) is 32.3 Å². The van der Waals surface area contributed by atoms with E-state index in [4.69, 9.17) is 15.3 Å². The molecule has 0 atom stereocenters. The van der Waals surface area contributed by atoms with Crippen LogP contribution in [0.25, 0.3) is 0 Å². The Bertz CT molecular complexity index is 835. The third-order valence-corrected chi connectivity index (χ3v) is 4.60. The molecule has 9 nitrogen and oxygen atoms in total. The van der Waals surface area contributed by atoms with Crippen molar-refractivity contribution in [3.8, 4) is 6.01 Å². The summed E-state index contributed by atoms with van der Waals surface area (Å²) in [6.07, 6.45) is 0. The SMILES string of the molecule is CNCCOc1nc(/C(=N\N)c2ccc(C)c(C)c2)nc(N2CCOCC2)n1. The zero-order chi connectivity index (χ0) is 19.9. The highest BCUT2D eigenvalue weighted by Crippen LogP contribution is 2.18. The molecule has 3 N–H and O–H groups in total. The largest absolute Gasteiger partial charge is 0.462 e. The molecule has 0 aliphatic carbocycles. The average Bonchev–Trinajstić information content (AvgIpc) is 2.72. The molecular formula is C19H27N7O2. The van der Waals surface area contributed by atoms with Gasteiger partial charge in [-0.2, -0.15) is 20.1 Å². The Morgan fingerprint density at radius 3 is 2.68 bits per heavy atom. The molecule has 28 heavy (non-hydrogen) atoms. The summed E-state index contributed by atoms with van der Waals surface area (Å²) in [5.74, 6) is 6.66. The van der Waals surface area contributed by atoms with Crippen LogP contribution >= 0.6 is 0 Å². The molecule has 0 radical (unpaired) electrons. The fourth-order valence-electron chi connectivity index (χ4n) is 2.82. The van der Waals surface area contributed by atoms with Gasteiger partial charge in [0.25, 0.3) is 0 Å². The van der Waals surface area contributed by atoms with Crippen molar-refractivity contribution in [2.24, 2.45) is 10.9 Å². The number of anilines is 1. The molecule has 0 spiro atoms. The number of hydrogen-bond donors (Lipinski definition) is 2. The number of hydrogen-bond acceptors (Lipinski definition) is 9. The van der Waals surface area contributed by atoms with E-state index in [9.17, 15) is 0 Å². The van der Waals surface area contributed by atoms with Gasteiger partial charge in [0.2, 0.25) is 5.95 Å². The van der Waals surface area contributed by atoms with E-state index in [0.29, 0.717) is 56.9 Å². The van der Waals surface area contributed by atoms with Crippen molar-refractivity contribution in [2.45, 2.75) is 13.8 Å². The second-order valence-electron chi connectivity index (χ2n) is 6.57. The predicted octanol–water partition coefficient (Wildman–Crippen LogP) is 0.634. The number of morpholine rings is 1. The third kappa shape index (κ3) is 4.73. The lowest BCUT2D eigenvalue weighted by molar-refractivity contribution is 0.122. The minimum atomic E-state index is 0.256. The standard InChI is InChI=1S/C19H27N7O2/c1-13-4-5-15(12-14(13)2)16(25-20)17-22-18(26-7-10-27-11-8-26)24-19(23-17)28-9-6-21-3/h4-5,12,21H,6-11,20H2,1-3H3/b25-16-. The van der Waals surface area contributed by atoms with Gasteiger partial charge in [-0.1, -0.05) is 12.1 Å². The van der Waals surface area contributed by atoms with E-state index >= 15 is 0 Å². The number of aromatic nitrogens is 3. The Balaban J connectivity index is 1.98. The molecule has 0 saturated carbocycles. The van der Waals surface area contributed by atoms with Crippen LogP contribution in [0.2, 0.25) is 0 Å². The van der Waals surface area contributed by atoms with E-state index < -0.39 is 0 Å². The number of likely N-dealkylation sites (N-methyl/N-ethyl adjacent to an activating group) is 1. The van der Waals surface area contributed by atoms with Gasteiger partial charge in [0.15, 0.2) is 5.82 Å². The van der Waals surface area contributed by atoms with E-state index in [1.807, 2.05) is 37.1 Å². The first-order chi connectivity index (χ1) is 13.6. The summed E-state index contributed by atoms with van der Waals surface area (Å²) in [5, 5.41) is 7.01. The average molecular weight is 385 g/mol. The highest BCUT2D eigenvalue weighted by Gasteiger charge is 2.20. The molecule has 2 aromatic rings. The summed E-state index contributed by atoms with van der Waals surface area (Å²) in [6, 6.07) is 6.28. The van der Waals surface area contributed by atoms with Crippen molar-refractivity contribution < 1.29 is 9.47 Å². The Hall–Kier alpha value is -2.78. The first kappa shape index (κ1) is 20.0. The molecule has 1 fully saturated rings. The van der Waals surface area contributed by atoms with Gasteiger partial charge in [-0.25, -0.2) is 0 Å². The molecule has 0 bridgehead atoms. The van der Waals surface area contributed by atoms with Gasteiger partial charge in [-0.05, 0) is 38.1 Å². The van der Waals surface area contributed by atoms with Crippen molar-refractivity contribution >= 4 is 11.7 Å². The predicted molar refractivity (Wildman–Crippen MR) is 108 cm³/mol. The van der Waals surface area contributed by atoms with Crippen LogP contribution in [0.4, 0.5) is 5.95 Å². The molecule has 3 rings (SSSR count). The number of rotatable bonds is 7. The molecule has 9 heteroatoms. The van der Waals surface area contributed by atoms with E-state index in [1.165, 1.54) is 5.56 Å². The molecule has 150 valence electrons.